The second-order valence-electron chi connectivity index (χ2n) is 7.37. The summed E-state index contributed by atoms with van der Waals surface area (Å²) in [5, 5.41) is -0.0562. The molecule has 1 aromatic carbocycles. The third-order valence-corrected chi connectivity index (χ3v) is 7.31. The summed E-state index contributed by atoms with van der Waals surface area (Å²) < 4.78 is 43.9. The monoisotopic (exact) mass is 441 g/mol. The molecule has 0 radical (unpaired) electrons. The molecular weight excluding hydrogens is 417 g/mol. The number of aromatic nitrogens is 1. The Hall–Kier alpha value is -2.06. The number of rotatable bonds is 4. The van der Waals surface area contributed by atoms with Crippen molar-refractivity contribution in [3.63, 3.8) is 0 Å². The lowest BCUT2D eigenvalue weighted by molar-refractivity contribution is 0.0757. The molecule has 0 aliphatic carbocycles. The van der Waals surface area contributed by atoms with Crippen molar-refractivity contribution < 1.29 is 17.6 Å². The van der Waals surface area contributed by atoms with Crippen molar-refractivity contribution in [2.24, 2.45) is 7.05 Å². The standard InChI is InChI=1S/C20H25ClFN3O3S/c1-13-18(20(26)25-10-6-4-5-7-11-25)19(14(2)24(13)3)29(27,28)23-17-9-8-15(22)12-16(17)21/h8-9,12,23H,4-7,10-11H2,1-3H3. The maximum Gasteiger partial charge on any atom is 0.264 e. The van der Waals surface area contributed by atoms with Gasteiger partial charge in [-0.3, -0.25) is 9.52 Å². The summed E-state index contributed by atoms with van der Waals surface area (Å²) in [6.45, 7) is 4.63. The van der Waals surface area contributed by atoms with Crippen LogP contribution in [-0.2, 0) is 17.1 Å². The Morgan fingerprint density at radius 2 is 1.72 bits per heavy atom. The van der Waals surface area contributed by atoms with Gasteiger partial charge in [0.1, 0.15) is 10.7 Å². The molecule has 1 N–H and O–H groups in total. The largest absolute Gasteiger partial charge is 0.350 e. The average molecular weight is 442 g/mol. The second-order valence-corrected chi connectivity index (χ2v) is 9.40. The molecule has 0 atom stereocenters. The van der Waals surface area contributed by atoms with E-state index in [4.69, 9.17) is 11.6 Å². The van der Waals surface area contributed by atoms with Crippen molar-refractivity contribution in [3.8, 4) is 0 Å². The van der Waals surface area contributed by atoms with Crippen molar-refractivity contribution in [2.45, 2.75) is 44.4 Å². The van der Waals surface area contributed by atoms with E-state index in [0.29, 0.717) is 24.5 Å². The second kappa shape index (κ2) is 8.36. The van der Waals surface area contributed by atoms with Gasteiger partial charge in [0, 0.05) is 31.5 Å². The Morgan fingerprint density at radius 1 is 1.10 bits per heavy atom. The molecule has 29 heavy (non-hydrogen) atoms. The van der Waals surface area contributed by atoms with E-state index in [9.17, 15) is 17.6 Å². The van der Waals surface area contributed by atoms with Gasteiger partial charge in [0.05, 0.1) is 16.3 Å². The van der Waals surface area contributed by atoms with Crippen molar-refractivity contribution in [2.75, 3.05) is 17.8 Å². The van der Waals surface area contributed by atoms with Crippen molar-refractivity contribution in [1.29, 1.82) is 0 Å². The maximum absolute atomic E-state index is 13.3. The zero-order chi connectivity index (χ0) is 21.3. The molecule has 0 spiro atoms. The Morgan fingerprint density at radius 3 is 2.31 bits per heavy atom. The summed E-state index contributed by atoms with van der Waals surface area (Å²) in [5.74, 6) is -0.847. The van der Waals surface area contributed by atoms with Crippen LogP contribution in [0.15, 0.2) is 23.1 Å². The minimum atomic E-state index is -4.13. The summed E-state index contributed by atoms with van der Waals surface area (Å²) >= 11 is 5.99. The van der Waals surface area contributed by atoms with Gasteiger partial charge in [-0.15, -0.1) is 0 Å². The van der Waals surface area contributed by atoms with Crippen LogP contribution in [0.5, 0.6) is 0 Å². The number of sulfonamides is 1. The third kappa shape index (κ3) is 4.28. The Kier molecular flexibility index (Phi) is 6.24. The van der Waals surface area contributed by atoms with E-state index in [-0.39, 0.29) is 27.1 Å². The molecule has 158 valence electrons. The predicted octanol–water partition coefficient (Wildman–Crippen LogP) is 4.25. The topological polar surface area (TPSA) is 71.4 Å². The highest BCUT2D eigenvalue weighted by Gasteiger charge is 2.33. The Balaban J connectivity index is 2.06. The van der Waals surface area contributed by atoms with Crippen LogP contribution in [0.25, 0.3) is 0 Å². The van der Waals surface area contributed by atoms with Crippen molar-refractivity contribution in [1.82, 2.24) is 9.47 Å². The lowest BCUT2D eigenvalue weighted by Gasteiger charge is -2.21. The first kappa shape index (κ1) is 21.6. The highest BCUT2D eigenvalue weighted by Crippen LogP contribution is 2.31. The third-order valence-electron chi connectivity index (χ3n) is 5.48. The number of nitrogens with one attached hydrogen (secondary N) is 1. The molecule has 0 bridgehead atoms. The van der Waals surface area contributed by atoms with Crippen LogP contribution in [0.2, 0.25) is 5.02 Å². The zero-order valence-electron chi connectivity index (χ0n) is 16.8. The highest BCUT2D eigenvalue weighted by molar-refractivity contribution is 7.92. The molecule has 0 saturated carbocycles. The normalized spacial score (nSPS) is 15.3. The van der Waals surface area contributed by atoms with Gasteiger partial charge < -0.3 is 9.47 Å². The highest BCUT2D eigenvalue weighted by atomic mass is 35.5. The van der Waals surface area contributed by atoms with E-state index in [2.05, 4.69) is 4.72 Å². The summed E-state index contributed by atoms with van der Waals surface area (Å²) in [5.41, 5.74) is 1.27. The first-order chi connectivity index (χ1) is 13.6. The summed E-state index contributed by atoms with van der Waals surface area (Å²) in [7, 11) is -2.40. The fourth-order valence-corrected chi connectivity index (χ4v) is 5.57. The average Bonchev–Trinajstić information content (AvgIpc) is 2.86. The molecule has 1 aliphatic rings. The van der Waals surface area contributed by atoms with Gasteiger partial charge in [0.25, 0.3) is 15.9 Å². The molecule has 9 heteroatoms. The quantitative estimate of drug-likeness (QED) is 0.770. The number of carbonyl (C=O) groups is 1. The van der Waals surface area contributed by atoms with E-state index in [1.807, 2.05) is 0 Å². The van der Waals surface area contributed by atoms with Crippen molar-refractivity contribution in [3.05, 3.63) is 46.0 Å². The number of nitrogens with zero attached hydrogens (tertiary/aromatic N) is 2. The van der Waals surface area contributed by atoms with E-state index in [1.54, 1.807) is 30.4 Å². The first-order valence-electron chi connectivity index (χ1n) is 9.56. The number of carbonyl (C=O) groups excluding carboxylic acids is 1. The smallest absolute Gasteiger partial charge is 0.264 e. The van der Waals surface area contributed by atoms with E-state index < -0.39 is 15.8 Å². The van der Waals surface area contributed by atoms with Crippen LogP contribution in [0.1, 0.15) is 47.4 Å². The van der Waals surface area contributed by atoms with Gasteiger partial charge in [-0.1, -0.05) is 24.4 Å². The molecule has 1 aliphatic heterocycles. The van der Waals surface area contributed by atoms with E-state index in [1.165, 1.54) is 6.07 Å². The summed E-state index contributed by atoms with van der Waals surface area (Å²) in [6.07, 6.45) is 3.93. The molecular formula is C20H25ClFN3O3S. The number of halogens is 2. The van der Waals surface area contributed by atoms with Crippen LogP contribution in [0.3, 0.4) is 0 Å². The number of hydrogen-bond acceptors (Lipinski definition) is 3. The summed E-state index contributed by atoms with van der Waals surface area (Å²) in [4.78, 5) is 15.0. The predicted molar refractivity (Wildman–Crippen MR) is 111 cm³/mol. The molecule has 1 fully saturated rings. The first-order valence-corrected chi connectivity index (χ1v) is 11.4. The molecule has 1 aromatic heterocycles. The number of likely N-dealkylation sites (tertiary alicyclic amines) is 1. The van der Waals surface area contributed by atoms with Crippen LogP contribution in [0, 0.1) is 19.7 Å². The molecule has 0 unspecified atom stereocenters. The number of benzene rings is 1. The van der Waals surface area contributed by atoms with Gasteiger partial charge in [-0.25, -0.2) is 12.8 Å². The molecule has 1 amide bonds. The maximum atomic E-state index is 13.3. The van der Waals surface area contributed by atoms with Crippen LogP contribution in [-0.4, -0.2) is 36.9 Å². The van der Waals surface area contributed by atoms with Crippen LogP contribution in [0.4, 0.5) is 10.1 Å². The van der Waals surface area contributed by atoms with Gasteiger partial charge in [0.15, 0.2) is 0 Å². The fourth-order valence-electron chi connectivity index (χ4n) is 3.70. The van der Waals surface area contributed by atoms with E-state index in [0.717, 1.165) is 37.8 Å². The lowest BCUT2D eigenvalue weighted by Crippen LogP contribution is -2.33. The zero-order valence-corrected chi connectivity index (χ0v) is 18.3. The van der Waals surface area contributed by atoms with Crippen molar-refractivity contribution >= 4 is 33.2 Å². The van der Waals surface area contributed by atoms with Gasteiger partial charge in [-0.2, -0.15) is 0 Å². The molecule has 3 rings (SSSR count). The SMILES string of the molecule is Cc1c(C(=O)N2CCCCCC2)c(S(=O)(=O)Nc2ccc(F)cc2Cl)c(C)n1C. The number of amides is 1. The van der Waals surface area contributed by atoms with Crippen LogP contribution < -0.4 is 4.72 Å². The lowest BCUT2D eigenvalue weighted by atomic mass is 10.2. The van der Waals surface area contributed by atoms with Gasteiger partial charge in [-0.05, 0) is 44.9 Å². The van der Waals surface area contributed by atoms with Gasteiger partial charge in [0.2, 0.25) is 0 Å². The molecule has 2 heterocycles. The Bertz CT molecular complexity index is 1040. The fraction of sp³-hybridized carbons (Fsp3) is 0.450. The summed E-state index contributed by atoms with van der Waals surface area (Å²) in [6, 6.07) is 3.42. The number of anilines is 1. The number of hydrogen-bond donors (Lipinski definition) is 1. The minimum absolute atomic E-state index is 0.0562. The van der Waals surface area contributed by atoms with E-state index >= 15 is 0 Å². The molecule has 2 aromatic rings. The molecule has 6 nitrogen and oxygen atoms in total. The van der Waals surface area contributed by atoms with Crippen LogP contribution >= 0.6 is 11.6 Å². The Labute approximate surface area is 175 Å². The minimum Gasteiger partial charge on any atom is -0.350 e. The molecule has 1 saturated heterocycles. The van der Waals surface area contributed by atoms with Gasteiger partial charge >= 0.3 is 0 Å².